The second-order valence-corrected chi connectivity index (χ2v) is 8.60. The van der Waals surface area contributed by atoms with Crippen LogP contribution in [0, 0.1) is 6.92 Å². The van der Waals surface area contributed by atoms with E-state index in [-0.39, 0.29) is 24.3 Å². The van der Waals surface area contributed by atoms with Gasteiger partial charge in [0, 0.05) is 17.6 Å². The number of aryl methyl sites for hydroxylation is 1. The van der Waals surface area contributed by atoms with Gasteiger partial charge in [0.05, 0.1) is 6.42 Å². The summed E-state index contributed by atoms with van der Waals surface area (Å²) in [7, 11) is 0. The molecular weight excluding hydrogens is 396 g/mol. The van der Waals surface area contributed by atoms with Gasteiger partial charge in [-0.1, -0.05) is 79.4 Å². The van der Waals surface area contributed by atoms with E-state index in [0.717, 1.165) is 36.8 Å². The number of hydrogen-bond acceptors (Lipinski definition) is 2. The maximum atomic E-state index is 13.4. The number of benzene rings is 2. The van der Waals surface area contributed by atoms with Crippen molar-refractivity contribution in [2.24, 2.45) is 0 Å². The molecule has 0 radical (unpaired) electrons. The van der Waals surface area contributed by atoms with Crippen molar-refractivity contribution in [2.45, 2.75) is 71.0 Å². The highest BCUT2D eigenvalue weighted by atomic mass is 35.5. The summed E-state index contributed by atoms with van der Waals surface area (Å²) in [6, 6.07) is 15.2. The summed E-state index contributed by atoms with van der Waals surface area (Å²) in [5.41, 5.74) is 2.96. The summed E-state index contributed by atoms with van der Waals surface area (Å²) in [6.07, 6.45) is 5.10. The number of halogens is 1. The van der Waals surface area contributed by atoms with Crippen LogP contribution in [0.3, 0.4) is 0 Å². The Balaban J connectivity index is 1.82. The number of carbonyl (C=O) groups is 2. The summed E-state index contributed by atoms with van der Waals surface area (Å²) in [4.78, 5) is 28.2. The van der Waals surface area contributed by atoms with E-state index < -0.39 is 6.04 Å². The van der Waals surface area contributed by atoms with Crippen LogP contribution in [0.4, 0.5) is 0 Å². The van der Waals surface area contributed by atoms with Crippen molar-refractivity contribution in [3.8, 4) is 0 Å². The molecule has 1 saturated carbocycles. The van der Waals surface area contributed by atoms with Gasteiger partial charge in [-0.25, -0.2) is 0 Å². The van der Waals surface area contributed by atoms with Crippen LogP contribution in [0.2, 0.25) is 5.02 Å². The zero-order valence-electron chi connectivity index (χ0n) is 17.9. The molecule has 0 aromatic heterocycles. The molecule has 0 spiro atoms. The van der Waals surface area contributed by atoms with Crippen LogP contribution in [0.5, 0.6) is 0 Å². The van der Waals surface area contributed by atoms with E-state index in [1.807, 2.05) is 56.3 Å². The first kappa shape index (κ1) is 22.4. The largest absolute Gasteiger partial charge is 0.352 e. The fourth-order valence-corrected chi connectivity index (χ4v) is 4.29. The summed E-state index contributed by atoms with van der Waals surface area (Å²) in [5, 5.41) is 3.75. The number of amides is 2. The second-order valence-electron chi connectivity index (χ2n) is 8.19. The molecule has 0 aliphatic heterocycles. The van der Waals surface area contributed by atoms with E-state index in [0.29, 0.717) is 18.0 Å². The van der Waals surface area contributed by atoms with E-state index >= 15 is 0 Å². The average Bonchev–Trinajstić information content (AvgIpc) is 3.24. The highest BCUT2D eigenvalue weighted by molar-refractivity contribution is 6.31. The molecule has 0 saturated heterocycles. The van der Waals surface area contributed by atoms with Gasteiger partial charge in [0.1, 0.15) is 6.04 Å². The molecule has 1 fully saturated rings. The van der Waals surface area contributed by atoms with Gasteiger partial charge in [0.2, 0.25) is 11.8 Å². The summed E-state index contributed by atoms with van der Waals surface area (Å²) in [6.45, 7) is 4.40. The first-order valence-corrected chi connectivity index (χ1v) is 11.2. The van der Waals surface area contributed by atoms with Crippen molar-refractivity contribution in [3.63, 3.8) is 0 Å². The highest BCUT2D eigenvalue weighted by Crippen LogP contribution is 2.21. The molecule has 3 rings (SSSR count). The Kier molecular flexibility index (Phi) is 7.92. The van der Waals surface area contributed by atoms with Crippen LogP contribution in [-0.4, -0.2) is 28.8 Å². The smallest absolute Gasteiger partial charge is 0.243 e. The van der Waals surface area contributed by atoms with Gasteiger partial charge in [0.25, 0.3) is 0 Å². The Morgan fingerprint density at radius 2 is 1.77 bits per heavy atom. The quantitative estimate of drug-likeness (QED) is 0.641. The predicted molar refractivity (Wildman–Crippen MR) is 121 cm³/mol. The molecule has 30 heavy (non-hydrogen) atoms. The standard InChI is InChI=1S/C25H31ClN2O2/c1-3-23(25(30)27-21-9-5-6-10-21)28(17-19-14-12-18(2)13-15-19)24(29)16-20-8-4-7-11-22(20)26/h4,7-8,11-15,21,23H,3,5-6,9-10,16-17H2,1-2H3,(H,27,30)/t23-/m1/s1. The van der Waals surface area contributed by atoms with Gasteiger partial charge in [0.15, 0.2) is 0 Å². The second kappa shape index (κ2) is 10.6. The van der Waals surface area contributed by atoms with E-state index in [2.05, 4.69) is 5.32 Å². The molecule has 2 aromatic carbocycles. The Labute approximate surface area is 184 Å². The third kappa shape index (κ3) is 5.85. The normalized spacial score (nSPS) is 15.0. The maximum absolute atomic E-state index is 13.4. The van der Waals surface area contributed by atoms with E-state index in [9.17, 15) is 9.59 Å². The van der Waals surface area contributed by atoms with Crippen molar-refractivity contribution in [1.29, 1.82) is 0 Å². The predicted octanol–water partition coefficient (Wildman–Crippen LogP) is 5.06. The van der Waals surface area contributed by atoms with Crippen molar-refractivity contribution in [3.05, 3.63) is 70.2 Å². The minimum atomic E-state index is -0.498. The van der Waals surface area contributed by atoms with Crippen LogP contribution < -0.4 is 5.32 Å². The molecule has 2 amide bonds. The minimum Gasteiger partial charge on any atom is -0.352 e. The summed E-state index contributed by atoms with van der Waals surface area (Å²) < 4.78 is 0. The van der Waals surface area contributed by atoms with Crippen LogP contribution in [0.25, 0.3) is 0 Å². The number of carbonyl (C=O) groups excluding carboxylic acids is 2. The fourth-order valence-electron chi connectivity index (χ4n) is 4.08. The lowest BCUT2D eigenvalue weighted by molar-refractivity contribution is -0.141. The van der Waals surface area contributed by atoms with E-state index in [1.54, 1.807) is 11.0 Å². The first-order chi connectivity index (χ1) is 14.5. The number of nitrogens with zero attached hydrogens (tertiary/aromatic N) is 1. The van der Waals surface area contributed by atoms with Gasteiger partial charge >= 0.3 is 0 Å². The molecule has 0 heterocycles. The molecule has 0 bridgehead atoms. The topological polar surface area (TPSA) is 49.4 Å². The Morgan fingerprint density at radius 3 is 2.40 bits per heavy atom. The van der Waals surface area contributed by atoms with E-state index in [1.165, 1.54) is 5.56 Å². The average molecular weight is 427 g/mol. The van der Waals surface area contributed by atoms with Gasteiger partial charge in [-0.2, -0.15) is 0 Å². The molecule has 0 unspecified atom stereocenters. The molecule has 1 aliphatic carbocycles. The molecule has 5 heteroatoms. The van der Waals surface area contributed by atoms with Gasteiger partial charge in [-0.15, -0.1) is 0 Å². The minimum absolute atomic E-state index is 0.0518. The van der Waals surface area contributed by atoms with Crippen molar-refractivity contribution < 1.29 is 9.59 Å². The van der Waals surface area contributed by atoms with Gasteiger partial charge < -0.3 is 10.2 Å². The molecule has 1 aliphatic rings. The molecule has 1 atom stereocenters. The fraction of sp³-hybridized carbons (Fsp3) is 0.440. The van der Waals surface area contributed by atoms with Crippen LogP contribution in [-0.2, 0) is 22.6 Å². The SMILES string of the molecule is CC[C@H](C(=O)NC1CCCC1)N(Cc1ccc(C)cc1)C(=O)Cc1ccccc1Cl. The summed E-state index contributed by atoms with van der Waals surface area (Å²) in [5.74, 6) is -0.138. The van der Waals surface area contributed by atoms with Gasteiger partial charge in [-0.3, -0.25) is 9.59 Å². The van der Waals surface area contributed by atoms with Crippen LogP contribution in [0.15, 0.2) is 48.5 Å². The Morgan fingerprint density at radius 1 is 1.10 bits per heavy atom. The molecule has 1 N–H and O–H groups in total. The lowest BCUT2D eigenvalue weighted by Gasteiger charge is -2.31. The third-order valence-corrected chi connectivity index (χ3v) is 6.23. The highest BCUT2D eigenvalue weighted by Gasteiger charge is 2.30. The lowest BCUT2D eigenvalue weighted by atomic mass is 10.1. The Hall–Kier alpha value is -2.33. The first-order valence-electron chi connectivity index (χ1n) is 10.9. The Bertz CT molecular complexity index is 860. The van der Waals surface area contributed by atoms with Gasteiger partial charge in [-0.05, 0) is 43.4 Å². The summed E-state index contributed by atoms with van der Waals surface area (Å²) >= 11 is 6.29. The lowest BCUT2D eigenvalue weighted by Crippen LogP contribution is -2.51. The van der Waals surface area contributed by atoms with E-state index in [4.69, 9.17) is 11.6 Å². The molecule has 160 valence electrons. The van der Waals surface area contributed by atoms with Crippen molar-refractivity contribution >= 4 is 23.4 Å². The van der Waals surface area contributed by atoms with Crippen molar-refractivity contribution in [1.82, 2.24) is 10.2 Å². The number of nitrogens with one attached hydrogen (secondary N) is 1. The van der Waals surface area contributed by atoms with Crippen LogP contribution in [0.1, 0.15) is 55.7 Å². The molecular formula is C25H31ClN2O2. The monoisotopic (exact) mass is 426 g/mol. The van der Waals surface area contributed by atoms with Crippen molar-refractivity contribution in [2.75, 3.05) is 0 Å². The number of rotatable bonds is 8. The molecule has 4 nitrogen and oxygen atoms in total. The maximum Gasteiger partial charge on any atom is 0.243 e. The number of hydrogen-bond donors (Lipinski definition) is 1. The zero-order chi connectivity index (χ0) is 21.5. The molecule has 2 aromatic rings. The third-order valence-electron chi connectivity index (χ3n) is 5.86. The van der Waals surface area contributed by atoms with Crippen LogP contribution >= 0.6 is 11.6 Å². The zero-order valence-corrected chi connectivity index (χ0v) is 18.6.